The van der Waals surface area contributed by atoms with Gasteiger partial charge in [-0.1, -0.05) is 18.6 Å². The van der Waals surface area contributed by atoms with Gasteiger partial charge in [0.1, 0.15) is 5.82 Å². The predicted octanol–water partition coefficient (Wildman–Crippen LogP) is 7.28. The summed E-state index contributed by atoms with van der Waals surface area (Å²) in [6.07, 6.45) is -8.98. The third-order valence-corrected chi connectivity index (χ3v) is 5.21. The van der Waals surface area contributed by atoms with E-state index in [0.29, 0.717) is 18.6 Å². The summed E-state index contributed by atoms with van der Waals surface area (Å²) in [5.41, 5.74) is -2.07. The van der Waals surface area contributed by atoms with Gasteiger partial charge in [0.25, 0.3) is 0 Å². The molecule has 1 saturated carbocycles. The van der Waals surface area contributed by atoms with E-state index in [4.69, 9.17) is 4.74 Å². The largest absolute Gasteiger partial charge is 0.416 e. The van der Waals surface area contributed by atoms with E-state index in [1.807, 2.05) is 0 Å². The molecule has 3 atom stereocenters. The van der Waals surface area contributed by atoms with E-state index in [9.17, 15) is 30.7 Å². The molecule has 1 aliphatic rings. The summed E-state index contributed by atoms with van der Waals surface area (Å²) < 4.78 is 97.5. The maximum atomic E-state index is 13.2. The van der Waals surface area contributed by atoms with Crippen LogP contribution in [0.5, 0.6) is 0 Å². The summed E-state index contributed by atoms with van der Waals surface area (Å²) in [5.74, 6) is -0.479. The molecule has 1 aliphatic carbocycles. The first-order valence-electron chi connectivity index (χ1n) is 9.15. The standard InChI is InChI=1S/C21H19F7O/c1-12(14-9-15(20(23,24)25)11-16(10-14)21(26,27)28)29-19-4-2-3-18(19)13-5-7-17(22)8-6-13/h5-12,18-19H,2-4H2,1H3/t12-,18?,19?/m1/s1. The molecule has 0 radical (unpaired) electrons. The van der Waals surface area contributed by atoms with Crippen molar-refractivity contribution >= 4 is 0 Å². The number of halogens is 7. The Balaban J connectivity index is 1.86. The van der Waals surface area contributed by atoms with Gasteiger partial charge in [0.05, 0.1) is 23.3 Å². The molecule has 0 N–H and O–H groups in total. The highest BCUT2D eigenvalue weighted by atomic mass is 19.4. The lowest BCUT2D eigenvalue weighted by Crippen LogP contribution is -2.20. The van der Waals surface area contributed by atoms with Crippen LogP contribution in [0, 0.1) is 5.82 Å². The van der Waals surface area contributed by atoms with Gasteiger partial charge in [0.2, 0.25) is 0 Å². The second kappa shape index (κ2) is 7.97. The van der Waals surface area contributed by atoms with Crippen LogP contribution in [0.15, 0.2) is 42.5 Å². The summed E-state index contributed by atoms with van der Waals surface area (Å²) in [6.45, 7) is 1.44. The zero-order valence-electron chi connectivity index (χ0n) is 15.4. The molecular formula is C21H19F7O. The van der Waals surface area contributed by atoms with Crippen LogP contribution >= 0.6 is 0 Å². The fourth-order valence-electron chi connectivity index (χ4n) is 3.73. The number of alkyl halides is 6. The van der Waals surface area contributed by atoms with Crippen LogP contribution in [0.1, 0.15) is 60.5 Å². The second-order valence-electron chi connectivity index (χ2n) is 7.24. The topological polar surface area (TPSA) is 9.23 Å². The molecule has 2 aromatic carbocycles. The minimum absolute atomic E-state index is 0.0917. The van der Waals surface area contributed by atoms with Crippen molar-refractivity contribution in [2.45, 2.75) is 56.7 Å². The predicted molar refractivity (Wildman–Crippen MR) is 92.7 cm³/mol. The summed E-state index contributed by atoms with van der Waals surface area (Å²) in [5, 5.41) is 0. The van der Waals surface area contributed by atoms with E-state index >= 15 is 0 Å². The minimum atomic E-state index is -4.90. The summed E-state index contributed by atoms with van der Waals surface area (Å²) in [7, 11) is 0. The van der Waals surface area contributed by atoms with Crippen molar-refractivity contribution in [2.24, 2.45) is 0 Å². The fraction of sp³-hybridized carbons (Fsp3) is 0.429. The zero-order chi connectivity index (χ0) is 21.4. The van der Waals surface area contributed by atoms with Gasteiger partial charge >= 0.3 is 12.4 Å². The zero-order valence-corrected chi connectivity index (χ0v) is 15.4. The molecule has 1 nitrogen and oxygen atoms in total. The van der Waals surface area contributed by atoms with Gasteiger partial charge in [0.15, 0.2) is 0 Å². The summed E-state index contributed by atoms with van der Waals surface area (Å²) in [6, 6.07) is 7.38. The molecule has 29 heavy (non-hydrogen) atoms. The van der Waals surface area contributed by atoms with Crippen LogP contribution in [0.2, 0.25) is 0 Å². The maximum absolute atomic E-state index is 13.2. The molecule has 2 aromatic rings. The molecule has 0 heterocycles. The average molecular weight is 420 g/mol. The molecule has 3 rings (SSSR count). The Labute approximate surface area is 163 Å². The second-order valence-corrected chi connectivity index (χ2v) is 7.24. The van der Waals surface area contributed by atoms with E-state index < -0.39 is 29.6 Å². The Bertz CT molecular complexity index is 807. The van der Waals surface area contributed by atoms with Gasteiger partial charge in [-0.15, -0.1) is 0 Å². The molecule has 158 valence electrons. The van der Waals surface area contributed by atoms with Gasteiger partial charge in [-0.05, 0) is 61.2 Å². The monoisotopic (exact) mass is 420 g/mol. The van der Waals surface area contributed by atoms with Crippen LogP contribution in [0.3, 0.4) is 0 Å². The van der Waals surface area contributed by atoms with Crippen LogP contribution in [0.25, 0.3) is 0 Å². The Morgan fingerprint density at radius 2 is 1.41 bits per heavy atom. The maximum Gasteiger partial charge on any atom is 0.416 e. The van der Waals surface area contributed by atoms with E-state index in [1.54, 1.807) is 12.1 Å². The van der Waals surface area contributed by atoms with Crippen LogP contribution in [-0.2, 0) is 17.1 Å². The van der Waals surface area contributed by atoms with Gasteiger partial charge in [-0.2, -0.15) is 26.3 Å². The number of hydrogen-bond acceptors (Lipinski definition) is 1. The lowest BCUT2D eigenvalue weighted by atomic mass is 9.95. The van der Waals surface area contributed by atoms with Crippen molar-refractivity contribution in [3.05, 3.63) is 70.5 Å². The molecule has 0 bridgehead atoms. The third-order valence-electron chi connectivity index (χ3n) is 5.21. The highest BCUT2D eigenvalue weighted by Crippen LogP contribution is 2.41. The normalized spacial score (nSPS) is 21.4. The molecule has 0 aromatic heterocycles. The van der Waals surface area contributed by atoms with Gasteiger partial charge in [-0.3, -0.25) is 0 Å². The molecule has 1 fully saturated rings. The molecule has 2 unspecified atom stereocenters. The number of ether oxygens (including phenoxy) is 1. The molecule has 0 spiro atoms. The van der Waals surface area contributed by atoms with Crippen molar-refractivity contribution in [3.63, 3.8) is 0 Å². The average Bonchev–Trinajstić information content (AvgIpc) is 3.08. The molecule has 0 aliphatic heterocycles. The Morgan fingerprint density at radius 3 is 1.93 bits per heavy atom. The van der Waals surface area contributed by atoms with E-state index in [0.717, 1.165) is 18.4 Å². The van der Waals surface area contributed by atoms with Crippen molar-refractivity contribution < 1.29 is 35.5 Å². The first-order valence-corrected chi connectivity index (χ1v) is 9.15. The first-order chi connectivity index (χ1) is 13.4. The van der Waals surface area contributed by atoms with Crippen molar-refractivity contribution in [2.75, 3.05) is 0 Å². The summed E-state index contributed by atoms with van der Waals surface area (Å²) in [4.78, 5) is 0. The van der Waals surface area contributed by atoms with Crippen LogP contribution in [-0.4, -0.2) is 6.10 Å². The fourth-order valence-corrected chi connectivity index (χ4v) is 3.73. The van der Waals surface area contributed by atoms with E-state index in [-0.39, 0.29) is 29.5 Å². The van der Waals surface area contributed by atoms with Crippen LogP contribution < -0.4 is 0 Å². The van der Waals surface area contributed by atoms with Gasteiger partial charge in [0, 0.05) is 5.92 Å². The van der Waals surface area contributed by atoms with Crippen molar-refractivity contribution in [1.29, 1.82) is 0 Å². The van der Waals surface area contributed by atoms with Crippen LogP contribution in [0.4, 0.5) is 30.7 Å². The quantitative estimate of drug-likeness (QED) is 0.473. The number of rotatable bonds is 4. The highest BCUT2D eigenvalue weighted by molar-refractivity contribution is 5.35. The van der Waals surface area contributed by atoms with Gasteiger partial charge < -0.3 is 4.74 Å². The molecule has 0 amide bonds. The Hall–Kier alpha value is -2.09. The third kappa shape index (κ3) is 5.10. The summed E-state index contributed by atoms with van der Waals surface area (Å²) >= 11 is 0. The van der Waals surface area contributed by atoms with Gasteiger partial charge in [-0.25, -0.2) is 4.39 Å². The van der Waals surface area contributed by atoms with E-state index in [2.05, 4.69) is 0 Å². The molecule has 0 saturated heterocycles. The molecule has 8 heteroatoms. The lowest BCUT2D eigenvalue weighted by molar-refractivity contribution is -0.143. The highest BCUT2D eigenvalue weighted by Gasteiger charge is 2.38. The lowest BCUT2D eigenvalue weighted by Gasteiger charge is -2.26. The van der Waals surface area contributed by atoms with Crippen molar-refractivity contribution in [3.8, 4) is 0 Å². The number of hydrogen-bond donors (Lipinski definition) is 0. The van der Waals surface area contributed by atoms with E-state index in [1.165, 1.54) is 19.1 Å². The minimum Gasteiger partial charge on any atom is -0.370 e. The Kier molecular flexibility index (Phi) is 5.94. The first kappa shape index (κ1) is 21.6. The SMILES string of the molecule is C[C@@H](OC1CCCC1c1ccc(F)cc1)c1cc(C(F)(F)F)cc(C(F)(F)F)c1. The number of benzene rings is 2. The smallest absolute Gasteiger partial charge is 0.370 e. The molecular weight excluding hydrogens is 401 g/mol. The van der Waals surface area contributed by atoms with Crippen molar-refractivity contribution in [1.82, 2.24) is 0 Å². The Morgan fingerprint density at radius 1 is 0.862 bits per heavy atom.